The molecule has 0 aromatic heterocycles. The van der Waals surface area contributed by atoms with Gasteiger partial charge in [-0.05, 0) is 42.5 Å². The zero-order valence-electron chi connectivity index (χ0n) is 15.6. The van der Waals surface area contributed by atoms with Crippen LogP contribution < -0.4 is 19.5 Å². The second-order valence-electron chi connectivity index (χ2n) is 5.69. The lowest BCUT2D eigenvalue weighted by Crippen LogP contribution is -2.25. The Morgan fingerprint density at radius 2 is 1.82 bits per heavy atom. The van der Waals surface area contributed by atoms with Crippen molar-refractivity contribution >= 4 is 15.9 Å². The minimum absolute atomic E-state index is 0.0245. The summed E-state index contributed by atoms with van der Waals surface area (Å²) in [5, 5.41) is 11.2. The standard InChI is InChI=1S/C19H21N3O5S/c1-26-16-6-9-18(27-2)15(12-16)13-21-19(23)14-4-7-17(8-5-14)28(24,25)22-11-3-10-20/h4-9,12,22H,3,11,13H2,1-2H3,(H,21,23). The Morgan fingerprint density at radius 3 is 2.43 bits per heavy atom. The Morgan fingerprint density at radius 1 is 1.11 bits per heavy atom. The van der Waals surface area contributed by atoms with Gasteiger partial charge < -0.3 is 14.8 Å². The Bertz CT molecular complexity index is 966. The van der Waals surface area contributed by atoms with Crippen molar-refractivity contribution < 1.29 is 22.7 Å². The number of hydrogen-bond donors (Lipinski definition) is 2. The monoisotopic (exact) mass is 403 g/mol. The fourth-order valence-electron chi connectivity index (χ4n) is 2.41. The highest BCUT2D eigenvalue weighted by atomic mass is 32.2. The van der Waals surface area contributed by atoms with Crippen LogP contribution >= 0.6 is 0 Å². The van der Waals surface area contributed by atoms with Crippen LogP contribution in [0.15, 0.2) is 47.4 Å². The fraction of sp³-hybridized carbons (Fsp3) is 0.263. The minimum Gasteiger partial charge on any atom is -0.497 e. The molecule has 0 radical (unpaired) electrons. The van der Waals surface area contributed by atoms with E-state index in [2.05, 4.69) is 10.0 Å². The molecule has 0 aliphatic carbocycles. The highest BCUT2D eigenvalue weighted by molar-refractivity contribution is 7.89. The molecule has 2 aromatic rings. The van der Waals surface area contributed by atoms with Crippen molar-refractivity contribution in [3.63, 3.8) is 0 Å². The van der Waals surface area contributed by atoms with Crippen molar-refractivity contribution in [3.05, 3.63) is 53.6 Å². The first kappa shape index (κ1) is 21.2. The fourth-order valence-corrected chi connectivity index (χ4v) is 3.44. The third kappa shape index (κ3) is 5.45. The molecule has 0 heterocycles. The van der Waals surface area contributed by atoms with Crippen molar-refractivity contribution in [2.24, 2.45) is 0 Å². The molecule has 0 fully saturated rings. The molecular weight excluding hydrogens is 382 g/mol. The van der Waals surface area contributed by atoms with Crippen LogP contribution in [0.4, 0.5) is 0 Å². The number of methoxy groups -OCH3 is 2. The average molecular weight is 403 g/mol. The maximum atomic E-state index is 12.4. The number of amides is 1. The van der Waals surface area contributed by atoms with E-state index in [1.165, 1.54) is 31.4 Å². The van der Waals surface area contributed by atoms with Gasteiger partial charge in [0, 0.05) is 30.6 Å². The molecule has 8 nitrogen and oxygen atoms in total. The van der Waals surface area contributed by atoms with Crippen LogP contribution in [0.1, 0.15) is 22.3 Å². The lowest BCUT2D eigenvalue weighted by Gasteiger charge is -2.12. The smallest absolute Gasteiger partial charge is 0.251 e. The molecule has 0 saturated heterocycles. The number of nitrogens with zero attached hydrogens (tertiary/aromatic N) is 1. The molecule has 0 unspecified atom stereocenters. The summed E-state index contributed by atoms with van der Waals surface area (Å²) in [5.41, 5.74) is 1.06. The Hall–Kier alpha value is -3.09. The summed E-state index contributed by atoms with van der Waals surface area (Å²) in [4.78, 5) is 12.4. The van der Waals surface area contributed by atoms with E-state index in [0.717, 1.165) is 5.56 Å². The summed E-state index contributed by atoms with van der Waals surface area (Å²) in [6, 6.07) is 12.7. The van der Waals surface area contributed by atoms with Crippen LogP contribution in [0.5, 0.6) is 11.5 Å². The van der Waals surface area contributed by atoms with Crippen LogP contribution in [0, 0.1) is 11.3 Å². The Labute approximate surface area is 164 Å². The van der Waals surface area contributed by atoms with Crippen molar-refractivity contribution in [2.45, 2.75) is 17.9 Å². The normalized spacial score (nSPS) is 10.8. The summed E-state index contributed by atoms with van der Waals surface area (Å²) in [6.07, 6.45) is 0.0768. The maximum Gasteiger partial charge on any atom is 0.251 e. The largest absolute Gasteiger partial charge is 0.497 e. The van der Waals surface area contributed by atoms with E-state index >= 15 is 0 Å². The second kappa shape index (κ2) is 9.73. The van der Waals surface area contributed by atoms with E-state index in [0.29, 0.717) is 17.1 Å². The molecule has 1 amide bonds. The first-order valence-corrected chi connectivity index (χ1v) is 9.85. The van der Waals surface area contributed by atoms with Crippen LogP contribution in [0.2, 0.25) is 0 Å². The molecule has 28 heavy (non-hydrogen) atoms. The predicted molar refractivity (Wildman–Crippen MR) is 103 cm³/mol. The summed E-state index contributed by atoms with van der Waals surface area (Å²) >= 11 is 0. The van der Waals surface area contributed by atoms with Crippen molar-refractivity contribution in [1.82, 2.24) is 10.0 Å². The van der Waals surface area contributed by atoms with Crippen molar-refractivity contribution in [3.8, 4) is 17.6 Å². The van der Waals surface area contributed by atoms with Crippen molar-refractivity contribution in [1.29, 1.82) is 5.26 Å². The third-order valence-electron chi connectivity index (χ3n) is 3.88. The molecule has 0 aliphatic rings. The van der Waals surface area contributed by atoms with Gasteiger partial charge >= 0.3 is 0 Å². The maximum absolute atomic E-state index is 12.4. The van der Waals surface area contributed by atoms with E-state index in [1.54, 1.807) is 25.3 Å². The zero-order chi connectivity index (χ0) is 20.6. The minimum atomic E-state index is -3.71. The number of sulfonamides is 1. The summed E-state index contributed by atoms with van der Waals surface area (Å²) in [5.74, 6) is 0.903. The Kier molecular flexibility index (Phi) is 7.37. The number of ether oxygens (including phenoxy) is 2. The summed E-state index contributed by atoms with van der Waals surface area (Å²) in [7, 11) is -0.621. The number of benzene rings is 2. The third-order valence-corrected chi connectivity index (χ3v) is 5.36. The Balaban J connectivity index is 2.05. The van der Waals surface area contributed by atoms with E-state index in [9.17, 15) is 13.2 Å². The van der Waals surface area contributed by atoms with Gasteiger partial charge in [-0.25, -0.2) is 13.1 Å². The van der Waals surface area contributed by atoms with E-state index in [-0.39, 0.29) is 30.3 Å². The van der Waals surface area contributed by atoms with Gasteiger partial charge in [-0.2, -0.15) is 5.26 Å². The predicted octanol–water partition coefficient (Wildman–Crippen LogP) is 1.83. The molecule has 2 N–H and O–H groups in total. The summed E-state index contributed by atoms with van der Waals surface area (Å²) in [6.45, 7) is 0.248. The van der Waals surface area contributed by atoms with Crippen molar-refractivity contribution in [2.75, 3.05) is 20.8 Å². The molecule has 0 spiro atoms. The van der Waals surface area contributed by atoms with Gasteiger partial charge in [-0.3, -0.25) is 4.79 Å². The molecule has 148 valence electrons. The van der Waals surface area contributed by atoms with Crippen LogP contribution in [0.25, 0.3) is 0 Å². The lowest BCUT2D eigenvalue weighted by molar-refractivity contribution is 0.0950. The van der Waals surface area contributed by atoms with Gasteiger partial charge in [0.25, 0.3) is 5.91 Å². The topological polar surface area (TPSA) is 118 Å². The average Bonchev–Trinajstić information content (AvgIpc) is 2.71. The van der Waals surface area contributed by atoms with Gasteiger partial charge in [-0.1, -0.05) is 0 Å². The summed E-state index contributed by atoms with van der Waals surface area (Å²) < 4.78 is 36.9. The number of nitrogens with one attached hydrogen (secondary N) is 2. The molecule has 2 rings (SSSR count). The van der Waals surface area contributed by atoms with Crippen LogP contribution in [-0.2, 0) is 16.6 Å². The molecule has 0 bridgehead atoms. The molecule has 0 aliphatic heterocycles. The number of carbonyl (C=O) groups is 1. The van der Waals surface area contributed by atoms with Crippen LogP contribution in [0.3, 0.4) is 0 Å². The number of carbonyl (C=O) groups excluding carboxylic acids is 1. The first-order chi connectivity index (χ1) is 13.4. The highest BCUT2D eigenvalue weighted by Gasteiger charge is 2.15. The second-order valence-corrected chi connectivity index (χ2v) is 7.46. The molecule has 9 heteroatoms. The molecule has 2 aromatic carbocycles. The molecular formula is C19H21N3O5S. The van der Waals surface area contributed by atoms with Gasteiger partial charge in [-0.15, -0.1) is 0 Å². The number of nitriles is 1. The zero-order valence-corrected chi connectivity index (χ0v) is 16.4. The first-order valence-electron chi connectivity index (χ1n) is 8.37. The number of rotatable bonds is 9. The highest BCUT2D eigenvalue weighted by Crippen LogP contribution is 2.23. The quantitative estimate of drug-likeness (QED) is 0.617. The van der Waals surface area contributed by atoms with E-state index in [4.69, 9.17) is 14.7 Å². The van der Waals surface area contributed by atoms with Crippen LogP contribution in [-0.4, -0.2) is 35.1 Å². The lowest BCUT2D eigenvalue weighted by atomic mass is 10.1. The van der Waals surface area contributed by atoms with Gasteiger partial charge in [0.1, 0.15) is 11.5 Å². The number of hydrogen-bond acceptors (Lipinski definition) is 6. The van der Waals surface area contributed by atoms with E-state index < -0.39 is 10.0 Å². The van der Waals surface area contributed by atoms with Gasteiger partial charge in [0.2, 0.25) is 10.0 Å². The van der Waals surface area contributed by atoms with Gasteiger partial charge in [0.15, 0.2) is 0 Å². The SMILES string of the molecule is COc1ccc(OC)c(CNC(=O)c2ccc(S(=O)(=O)NCCC#N)cc2)c1. The molecule has 0 atom stereocenters. The molecule has 0 saturated carbocycles. The van der Waals surface area contributed by atoms with Gasteiger partial charge in [0.05, 0.1) is 25.2 Å². The van der Waals surface area contributed by atoms with E-state index in [1.807, 2.05) is 6.07 Å².